The lowest BCUT2D eigenvalue weighted by atomic mass is 9.75. The predicted octanol–water partition coefficient (Wildman–Crippen LogP) is 3.72. The summed E-state index contributed by atoms with van der Waals surface area (Å²) in [6.07, 6.45) is 3.83. The normalized spacial score (nSPS) is 19.6. The number of likely N-dealkylation sites (N-methyl/N-ethyl adjacent to an activating group) is 1. The fourth-order valence-electron chi connectivity index (χ4n) is 4.28. The van der Waals surface area contributed by atoms with E-state index in [2.05, 4.69) is 53.8 Å². The molecule has 2 unspecified atom stereocenters. The molecule has 1 aliphatic carbocycles. The summed E-state index contributed by atoms with van der Waals surface area (Å²) in [6, 6.07) is 17.6. The van der Waals surface area contributed by atoms with Crippen molar-refractivity contribution in [3.05, 3.63) is 70.8 Å². The Balaban J connectivity index is 1.88. The number of hydrogen-bond acceptors (Lipinski definition) is 3. The van der Waals surface area contributed by atoms with Crippen molar-refractivity contribution in [1.82, 2.24) is 9.62 Å². The molecule has 0 fully saturated rings. The van der Waals surface area contributed by atoms with Gasteiger partial charge in [0.2, 0.25) is 10.0 Å². The average molecular weight is 401 g/mol. The number of nitrogens with one attached hydrogen (secondary N) is 1. The van der Waals surface area contributed by atoms with E-state index in [0.717, 1.165) is 24.8 Å². The van der Waals surface area contributed by atoms with E-state index in [9.17, 15) is 8.42 Å². The minimum Gasteiger partial charge on any atom is -0.316 e. The van der Waals surface area contributed by atoms with Crippen LogP contribution in [0, 0.1) is 0 Å². The van der Waals surface area contributed by atoms with Crippen molar-refractivity contribution in [2.24, 2.45) is 0 Å². The first-order valence-corrected chi connectivity index (χ1v) is 11.8. The first-order chi connectivity index (χ1) is 13.4. The van der Waals surface area contributed by atoms with Gasteiger partial charge < -0.3 is 5.32 Å². The van der Waals surface area contributed by atoms with Gasteiger partial charge in [0.15, 0.2) is 0 Å². The van der Waals surface area contributed by atoms with Crippen LogP contribution in [0.25, 0.3) is 0 Å². The van der Waals surface area contributed by atoms with Crippen LogP contribution in [0.15, 0.2) is 48.5 Å². The van der Waals surface area contributed by atoms with Crippen LogP contribution in [-0.2, 0) is 29.4 Å². The molecule has 0 aliphatic heterocycles. The van der Waals surface area contributed by atoms with Crippen LogP contribution in [-0.4, -0.2) is 38.6 Å². The number of sulfonamides is 1. The van der Waals surface area contributed by atoms with Gasteiger partial charge in [-0.25, -0.2) is 12.7 Å². The molecule has 0 bridgehead atoms. The molecule has 0 saturated carbocycles. The van der Waals surface area contributed by atoms with E-state index in [-0.39, 0.29) is 5.75 Å². The molecule has 0 amide bonds. The fraction of sp³-hybridized carbons (Fsp3) is 0.478. The summed E-state index contributed by atoms with van der Waals surface area (Å²) in [4.78, 5) is 0. The molecule has 0 heterocycles. The molecule has 0 spiro atoms. The second kappa shape index (κ2) is 9.21. The van der Waals surface area contributed by atoms with E-state index in [1.807, 2.05) is 14.0 Å². The standard InChI is InChI=1S/C23H32N2O2S/c1-4-14-28(26,27)25(3)17-19-10-11-20-12-13-23(24-2)22(21(20)16-19)15-18-8-6-5-7-9-18/h5-11,16,22-24H,4,12-15,17H2,1-3H3. The number of rotatable bonds is 8. The third-order valence-electron chi connectivity index (χ3n) is 5.83. The number of fused-ring (bicyclic) bond motifs is 1. The van der Waals surface area contributed by atoms with Crippen LogP contribution in [0.1, 0.15) is 47.9 Å². The fourth-order valence-corrected chi connectivity index (χ4v) is 5.45. The second-order valence-corrected chi connectivity index (χ2v) is 10.0. The first-order valence-electron chi connectivity index (χ1n) is 10.2. The molecule has 0 saturated heterocycles. The van der Waals surface area contributed by atoms with Gasteiger partial charge in [0.05, 0.1) is 5.75 Å². The highest BCUT2D eigenvalue weighted by atomic mass is 32.2. The molecule has 1 aliphatic rings. The van der Waals surface area contributed by atoms with Gasteiger partial charge in [-0.15, -0.1) is 0 Å². The van der Waals surface area contributed by atoms with Crippen LogP contribution in [0.4, 0.5) is 0 Å². The molecule has 28 heavy (non-hydrogen) atoms. The minimum absolute atomic E-state index is 0.201. The van der Waals surface area contributed by atoms with Gasteiger partial charge in [-0.05, 0) is 55.0 Å². The molecule has 0 aromatic heterocycles. The van der Waals surface area contributed by atoms with Gasteiger partial charge in [0.25, 0.3) is 0 Å². The highest BCUT2D eigenvalue weighted by molar-refractivity contribution is 7.89. The van der Waals surface area contributed by atoms with E-state index in [1.54, 1.807) is 7.05 Å². The van der Waals surface area contributed by atoms with E-state index < -0.39 is 10.0 Å². The third-order valence-corrected chi connectivity index (χ3v) is 7.83. The number of benzene rings is 2. The second-order valence-electron chi connectivity index (χ2n) is 7.84. The molecule has 2 atom stereocenters. The largest absolute Gasteiger partial charge is 0.316 e. The topological polar surface area (TPSA) is 49.4 Å². The molecule has 152 valence electrons. The van der Waals surface area contributed by atoms with Crippen molar-refractivity contribution >= 4 is 10.0 Å². The Morgan fingerprint density at radius 2 is 1.86 bits per heavy atom. The van der Waals surface area contributed by atoms with Crippen LogP contribution in [0.2, 0.25) is 0 Å². The number of hydrogen-bond donors (Lipinski definition) is 1. The predicted molar refractivity (Wildman–Crippen MR) is 116 cm³/mol. The highest BCUT2D eigenvalue weighted by Crippen LogP contribution is 2.35. The first kappa shape index (κ1) is 21.0. The van der Waals surface area contributed by atoms with Gasteiger partial charge in [-0.1, -0.05) is 55.5 Å². The van der Waals surface area contributed by atoms with E-state index in [0.29, 0.717) is 24.9 Å². The minimum atomic E-state index is -3.19. The van der Waals surface area contributed by atoms with E-state index in [1.165, 1.54) is 21.0 Å². The Labute approximate surface area is 170 Å². The van der Waals surface area contributed by atoms with Gasteiger partial charge in [-0.2, -0.15) is 0 Å². The lowest BCUT2D eigenvalue weighted by Gasteiger charge is -2.34. The zero-order valence-electron chi connectivity index (χ0n) is 17.2. The smallest absolute Gasteiger partial charge is 0.214 e. The summed E-state index contributed by atoms with van der Waals surface area (Å²) >= 11 is 0. The van der Waals surface area contributed by atoms with Crippen LogP contribution in [0.3, 0.4) is 0 Å². The summed E-state index contributed by atoms with van der Waals surface area (Å²) in [5.74, 6) is 0.598. The Kier molecular flexibility index (Phi) is 6.91. The van der Waals surface area contributed by atoms with Crippen LogP contribution in [0.5, 0.6) is 0 Å². The summed E-state index contributed by atoms with van der Waals surface area (Å²) in [7, 11) is 0.541. The maximum Gasteiger partial charge on any atom is 0.214 e. The average Bonchev–Trinajstić information content (AvgIpc) is 2.69. The molecule has 1 N–H and O–H groups in total. The molecule has 2 aromatic carbocycles. The summed E-state index contributed by atoms with van der Waals surface area (Å²) in [5.41, 5.74) is 5.17. The SMILES string of the molecule is CCCS(=O)(=O)N(C)Cc1ccc2c(c1)C(Cc1ccccc1)C(NC)CC2. The lowest BCUT2D eigenvalue weighted by Crippen LogP contribution is -2.37. The van der Waals surface area contributed by atoms with Crippen molar-refractivity contribution in [3.8, 4) is 0 Å². The summed E-state index contributed by atoms with van der Waals surface area (Å²) in [5, 5.41) is 3.51. The Morgan fingerprint density at radius 3 is 2.54 bits per heavy atom. The number of aryl methyl sites for hydroxylation is 1. The Bertz CT molecular complexity index is 881. The van der Waals surface area contributed by atoms with Crippen molar-refractivity contribution in [3.63, 3.8) is 0 Å². The number of nitrogens with zero attached hydrogens (tertiary/aromatic N) is 1. The molecule has 3 rings (SSSR count). The molecule has 5 heteroatoms. The monoisotopic (exact) mass is 400 g/mol. The van der Waals surface area contributed by atoms with Gasteiger partial charge in [0, 0.05) is 25.6 Å². The van der Waals surface area contributed by atoms with Crippen molar-refractivity contribution in [2.75, 3.05) is 19.8 Å². The zero-order chi connectivity index (χ0) is 20.1. The van der Waals surface area contributed by atoms with Gasteiger partial charge >= 0.3 is 0 Å². The molecule has 0 radical (unpaired) electrons. The van der Waals surface area contributed by atoms with Crippen LogP contribution >= 0.6 is 0 Å². The third kappa shape index (κ3) is 4.83. The van der Waals surface area contributed by atoms with Crippen molar-refractivity contribution in [1.29, 1.82) is 0 Å². The Hall–Kier alpha value is -1.69. The summed E-state index contributed by atoms with van der Waals surface area (Å²) < 4.78 is 26.2. The highest BCUT2D eigenvalue weighted by Gasteiger charge is 2.29. The molecular formula is C23H32N2O2S. The van der Waals surface area contributed by atoms with E-state index in [4.69, 9.17) is 0 Å². The Morgan fingerprint density at radius 1 is 1.11 bits per heavy atom. The summed E-state index contributed by atoms with van der Waals surface area (Å²) in [6.45, 7) is 2.33. The van der Waals surface area contributed by atoms with Crippen molar-refractivity contribution < 1.29 is 8.42 Å². The van der Waals surface area contributed by atoms with E-state index >= 15 is 0 Å². The van der Waals surface area contributed by atoms with Crippen LogP contribution < -0.4 is 5.32 Å². The quantitative estimate of drug-likeness (QED) is 0.735. The molecule has 4 nitrogen and oxygen atoms in total. The molecule has 2 aromatic rings. The maximum atomic E-state index is 12.3. The zero-order valence-corrected chi connectivity index (χ0v) is 18.0. The van der Waals surface area contributed by atoms with Gasteiger partial charge in [-0.3, -0.25) is 0 Å². The van der Waals surface area contributed by atoms with Gasteiger partial charge in [0.1, 0.15) is 0 Å². The lowest BCUT2D eigenvalue weighted by molar-refractivity contribution is 0.408. The van der Waals surface area contributed by atoms with Crippen molar-refractivity contribution in [2.45, 2.75) is 51.1 Å². The maximum absolute atomic E-state index is 12.3. The molecular weight excluding hydrogens is 368 g/mol.